The molecule has 0 saturated heterocycles. The first-order valence-corrected chi connectivity index (χ1v) is 7.99. The van der Waals surface area contributed by atoms with Gasteiger partial charge in [-0.25, -0.2) is 4.39 Å². The molecule has 4 N–H and O–H groups in total. The molecule has 0 fully saturated rings. The smallest absolute Gasteiger partial charge is 0.404 e. The molecule has 10 heteroatoms. The zero-order valence-corrected chi connectivity index (χ0v) is 16.7. The largest absolute Gasteiger partial charge is 0.573 e. The van der Waals surface area contributed by atoms with E-state index in [-0.39, 0.29) is 48.0 Å². The molecule has 1 aromatic heterocycles. The Bertz CT molecular complexity index is 972. The molecule has 28 heavy (non-hydrogen) atoms. The minimum atomic E-state index is -4.81. The van der Waals surface area contributed by atoms with Gasteiger partial charge in [0.2, 0.25) is 0 Å². The third-order valence-corrected chi connectivity index (χ3v) is 3.77. The number of aromatic amines is 1. The molecule has 0 spiro atoms. The average molecular weight is 508 g/mol. The van der Waals surface area contributed by atoms with Gasteiger partial charge in [-0.1, -0.05) is 12.1 Å². The van der Waals surface area contributed by atoms with Crippen LogP contribution in [0.4, 0.5) is 23.2 Å². The number of halogens is 5. The van der Waals surface area contributed by atoms with Crippen LogP contribution in [0.25, 0.3) is 10.9 Å². The number of para-hydroxylation sites is 2. The van der Waals surface area contributed by atoms with Gasteiger partial charge in [-0.05, 0) is 42.3 Å². The van der Waals surface area contributed by atoms with Crippen LogP contribution in [-0.2, 0) is 6.42 Å². The minimum absolute atomic E-state index is 0. The molecule has 0 aliphatic heterocycles. The standard InChI is InChI=1S/C18H16F4N4O.HI/c19-12-5-6-14-13(9-12)11(10-25-14)7-8-24-17(23)26-15-3-1-2-4-16(15)27-18(20,21)22;/h1-6,9-10,25H,7-8H2,(H3,23,24,26);1H. The molecule has 1 heterocycles. The van der Waals surface area contributed by atoms with Crippen molar-refractivity contribution in [1.29, 1.82) is 0 Å². The number of nitrogens with two attached hydrogens (primary N) is 1. The summed E-state index contributed by atoms with van der Waals surface area (Å²) >= 11 is 0. The van der Waals surface area contributed by atoms with Gasteiger partial charge in [-0.2, -0.15) is 0 Å². The van der Waals surface area contributed by atoms with Crippen molar-refractivity contribution in [1.82, 2.24) is 4.98 Å². The summed E-state index contributed by atoms with van der Waals surface area (Å²) in [7, 11) is 0. The molecule has 2 aromatic carbocycles. The van der Waals surface area contributed by atoms with Crippen molar-refractivity contribution in [2.75, 3.05) is 11.9 Å². The van der Waals surface area contributed by atoms with Crippen LogP contribution < -0.4 is 15.8 Å². The lowest BCUT2D eigenvalue weighted by molar-refractivity contribution is -0.274. The second-order valence-electron chi connectivity index (χ2n) is 5.69. The predicted molar refractivity (Wildman–Crippen MR) is 111 cm³/mol. The molecule has 0 bridgehead atoms. The number of fused-ring (bicyclic) bond motifs is 1. The lowest BCUT2D eigenvalue weighted by Crippen LogP contribution is -2.24. The molecule has 0 atom stereocenters. The number of aromatic nitrogens is 1. The lowest BCUT2D eigenvalue weighted by Gasteiger charge is -2.14. The zero-order chi connectivity index (χ0) is 19.4. The number of hydrogen-bond acceptors (Lipinski definition) is 2. The fourth-order valence-corrected chi connectivity index (χ4v) is 2.62. The predicted octanol–water partition coefficient (Wildman–Crippen LogP) is 4.79. The number of nitrogens with one attached hydrogen (secondary N) is 2. The monoisotopic (exact) mass is 508 g/mol. The van der Waals surface area contributed by atoms with Crippen LogP contribution >= 0.6 is 24.0 Å². The van der Waals surface area contributed by atoms with Gasteiger partial charge in [0.1, 0.15) is 5.82 Å². The zero-order valence-electron chi connectivity index (χ0n) is 14.4. The van der Waals surface area contributed by atoms with Crippen molar-refractivity contribution in [2.45, 2.75) is 12.8 Å². The van der Waals surface area contributed by atoms with Gasteiger partial charge in [0, 0.05) is 23.6 Å². The second kappa shape index (κ2) is 9.13. The van der Waals surface area contributed by atoms with Crippen LogP contribution in [-0.4, -0.2) is 23.9 Å². The maximum Gasteiger partial charge on any atom is 0.573 e. The summed E-state index contributed by atoms with van der Waals surface area (Å²) in [4.78, 5) is 7.14. The molecular weight excluding hydrogens is 491 g/mol. The van der Waals surface area contributed by atoms with E-state index in [1.165, 1.54) is 30.3 Å². The van der Waals surface area contributed by atoms with Gasteiger partial charge >= 0.3 is 6.36 Å². The summed E-state index contributed by atoms with van der Waals surface area (Å²) < 4.78 is 54.6. The summed E-state index contributed by atoms with van der Waals surface area (Å²) in [6.45, 7) is 0.268. The maximum absolute atomic E-state index is 13.4. The van der Waals surface area contributed by atoms with Crippen LogP contribution in [0.5, 0.6) is 5.75 Å². The third kappa shape index (κ3) is 5.75. The van der Waals surface area contributed by atoms with E-state index in [4.69, 9.17) is 5.73 Å². The quantitative estimate of drug-likeness (QED) is 0.201. The summed E-state index contributed by atoms with van der Waals surface area (Å²) in [6.07, 6.45) is -2.57. The molecule has 0 aliphatic carbocycles. The minimum Gasteiger partial charge on any atom is -0.404 e. The van der Waals surface area contributed by atoms with E-state index in [1.807, 2.05) is 0 Å². The lowest BCUT2D eigenvalue weighted by atomic mass is 10.1. The van der Waals surface area contributed by atoms with Crippen molar-refractivity contribution < 1.29 is 22.3 Å². The van der Waals surface area contributed by atoms with Gasteiger partial charge < -0.3 is 20.8 Å². The van der Waals surface area contributed by atoms with Crippen molar-refractivity contribution >= 4 is 46.5 Å². The van der Waals surface area contributed by atoms with E-state index in [0.717, 1.165) is 16.5 Å². The number of benzene rings is 2. The van der Waals surface area contributed by atoms with Gasteiger partial charge in [-0.15, -0.1) is 37.1 Å². The Morgan fingerprint density at radius 1 is 1.18 bits per heavy atom. The van der Waals surface area contributed by atoms with Crippen LogP contribution in [0.3, 0.4) is 0 Å². The number of ether oxygens (including phenoxy) is 1. The number of aliphatic imine (C=N–C) groups is 1. The van der Waals surface area contributed by atoms with E-state index >= 15 is 0 Å². The average Bonchev–Trinajstić information content (AvgIpc) is 2.98. The Morgan fingerprint density at radius 3 is 2.68 bits per heavy atom. The number of hydrogen-bond donors (Lipinski definition) is 3. The van der Waals surface area contributed by atoms with Crippen LogP contribution in [0, 0.1) is 5.82 Å². The Balaban J connectivity index is 0.00000280. The van der Waals surface area contributed by atoms with Crippen molar-refractivity contribution in [3.8, 4) is 5.75 Å². The topological polar surface area (TPSA) is 75.4 Å². The molecule has 150 valence electrons. The van der Waals surface area contributed by atoms with E-state index < -0.39 is 12.1 Å². The van der Waals surface area contributed by atoms with Crippen LogP contribution in [0.2, 0.25) is 0 Å². The molecular formula is C18H17F4IN4O. The van der Waals surface area contributed by atoms with E-state index in [9.17, 15) is 17.6 Å². The highest BCUT2D eigenvalue weighted by atomic mass is 127. The van der Waals surface area contributed by atoms with Crippen molar-refractivity contribution in [2.24, 2.45) is 10.7 Å². The van der Waals surface area contributed by atoms with Crippen molar-refractivity contribution in [3.63, 3.8) is 0 Å². The highest BCUT2D eigenvalue weighted by Crippen LogP contribution is 2.29. The Kier molecular flexibility index (Phi) is 7.11. The van der Waals surface area contributed by atoms with Crippen LogP contribution in [0.15, 0.2) is 53.7 Å². The van der Waals surface area contributed by atoms with Crippen LogP contribution in [0.1, 0.15) is 5.56 Å². The number of rotatable bonds is 5. The highest BCUT2D eigenvalue weighted by Gasteiger charge is 2.32. The number of nitrogens with zero attached hydrogens (tertiary/aromatic N) is 1. The van der Waals surface area contributed by atoms with Crippen molar-refractivity contribution in [3.05, 3.63) is 60.0 Å². The van der Waals surface area contributed by atoms with Gasteiger partial charge in [0.05, 0.1) is 5.69 Å². The van der Waals surface area contributed by atoms with E-state index in [1.54, 1.807) is 18.3 Å². The first-order valence-electron chi connectivity index (χ1n) is 7.99. The number of alkyl halides is 3. The number of guanidine groups is 1. The summed E-state index contributed by atoms with van der Waals surface area (Å²) in [5, 5.41) is 3.35. The first-order chi connectivity index (χ1) is 12.8. The molecule has 5 nitrogen and oxygen atoms in total. The second-order valence-corrected chi connectivity index (χ2v) is 5.69. The molecule has 0 aliphatic rings. The van der Waals surface area contributed by atoms with E-state index in [2.05, 4.69) is 20.0 Å². The first kappa shape index (κ1) is 21.8. The summed E-state index contributed by atoms with van der Waals surface area (Å²) in [5.74, 6) is -0.802. The number of H-pyrrole nitrogens is 1. The fraction of sp³-hybridized carbons (Fsp3) is 0.167. The van der Waals surface area contributed by atoms with Gasteiger partial charge in [0.25, 0.3) is 0 Å². The summed E-state index contributed by atoms with van der Waals surface area (Å²) in [6, 6.07) is 9.95. The Labute approximate surface area is 175 Å². The summed E-state index contributed by atoms with van der Waals surface area (Å²) in [5.41, 5.74) is 7.46. The molecule has 0 saturated carbocycles. The highest BCUT2D eigenvalue weighted by molar-refractivity contribution is 14.0. The van der Waals surface area contributed by atoms with Gasteiger partial charge in [0.15, 0.2) is 11.7 Å². The maximum atomic E-state index is 13.4. The molecule has 0 amide bonds. The third-order valence-electron chi connectivity index (χ3n) is 3.77. The molecule has 3 aromatic rings. The van der Waals surface area contributed by atoms with Gasteiger partial charge in [-0.3, -0.25) is 4.99 Å². The molecule has 0 radical (unpaired) electrons. The fourth-order valence-electron chi connectivity index (χ4n) is 2.62. The molecule has 3 rings (SSSR count). The Morgan fingerprint density at radius 2 is 1.93 bits per heavy atom. The molecule has 0 unspecified atom stereocenters. The normalized spacial score (nSPS) is 11.9. The SMILES string of the molecule is I.NC(=NCCc1c[nH]c2ccc(F)cc12)Nc1ccccc1OC(F)(F)F. The Hall–Kier alpha value is -2.50. The number of anilines is 1. The van der Waals surface area contributed by atoms with E-state index in [0.29, 0.717) is 6.42 Å².